The van der Waals surface area contributed by atoms with Gasteiger partial charge in [0.25, 0.3) is 0 Å². The van der Waals surface area contributed by atoms with Crippen molar-refractivity contribution in [2.75, 3.05) is 12.4 Å². The Hall–Kier alpha value is -1.97. The average Bonchev–Trinajstić information content (AvgIpc) is 2.37. The molecule has 0 radical (unpaired) electrons. The number of nitrogens with zero attached hydrogens (tertiary/aromatic N) is 3. The molecule has 2 rings (SSSR count). The zero-order valence-corrected chi connectivity index (χ0v) is 12.2. The molecule has 1 N–H and O–H groups in total. The summed E-state index contributed by atoms with van der Waals surface area (Å²) >= 11 is 0. The summed E-state index contributed by atoms with van der Waals surface area (Å²) in [6.45, 7) is 8.39. The molecule has 0 aliphatic carbocycles. The third-order valence-electron chi connectivity index (χ3n) is 2.95. The van der Waals surface area contributed by atoms with Crippen LogP contribution in [0.1, 0.15) is 32.2 Å². The number of anilines is 1. The van der Waals surface area contributed by atoms with Crippen LogP contribution in [0.25, 0.3) is 11.3 Å². The van der Waals surface area contributed by atoms with Gasteiger partial charge in [0.1, 0.15) is 11.6 Å². The molecule has 4 nitrogen and oxygen atoms in total. The first-order valence-corrected chi connectivity index (χ1v) is 6.40. The van der Waals surface area contributed by atoms with Crippen LogP contribution in [0.4, 0.5) is 5.82 Å². The van der Waals surface area contributed by atoms with Crippen LogP contribution in [0, 0.1) is 6.92 Å². The van der Waals surface area contributed by atoms with Crippen LogP contribution in [0.2, 0.25) is 0 Å². The number of rotatable bonds is 2. The Balaban J connectivity index is 2.61. The summed E-state index contributed by atoms with van der Waals surface area (Å²) in [5.41, 5.74) is 3.06. The van der Waals surface area contributed by atoms with Crippen molar-refractivity contribution in [1.29, 1.82) is 0 Å². The summed E-state index contributed by atoms with van der Waals surface area (Å²) in [5.74, 6) is 1.68. The summed E-state index contributed by atoms with van der Waals surface area (Å²) in [4.78, 5) is 13.4. The quantitative estimate of drug-likeness (QED) is 0.896. The van der Waals surface area contributed by atoms with E-state index in [1.54, 1.807) is 6.20 Å². The highest BCUT2D eigenvalue weighted by atomic mass is 15.0. The van der Waals surface area contributed by atoms with Gasteiger partial charge in [0.05, 0.1) is 5.69 Å². The highest BCUT2D eigenvalue weighted by Gasteiger charge is 2.19. The summed E-state index contributed by atoms with van der Waals surface area (Å²) in [7, 11) is 1.87. The Morgan fingerprint density at radius 3 is 2.47 bits per heavy atom. The molecule has 0 unspecified atom stereocenters. The Bertz CT molecular complexity index is 585. The maximum absolute atomic E-state index is 4.70. The third kappa shape index (κ3) is 2.89. The molecular weight excluding hydrogens is 236 g/mol. The molecule has 19 heavy (non-hydrogen) atoms. The number of aryl methyl sites for hydroxylation is 1. The molecule has 0 saturated carbocycles. The molecule has 100 valence electrons. The van der Waals surface area contributed by atoms with Crippen molar-refractivity contribution in [3.63, 3.8) is 0 Å². The lowest BCUT2D eigenvalue weighted by Gasteiger charge is -2.19. The Morgan fingerprint density at radius 2 is 1.89 bits per heavy atom. The molecular formula is C15H20N4. The van der Waals surface area contributed by atoms with Crippen LogP contribution in [0.15, 0.2) is 24.5 Å². The Morgan fingerprint density at radius 1 is 1.16 bits per heavy atom. The van der Waals surface area contributed by atoms with Crippen molar-refractivity contribution in [3.05, 3.63) is 35.9 Å². The second-order valence-corrected chi connectivity index (χ2v) is 5.65. The molecule has 0 saturated heterocycles. The second kappa shape index (κ2) is 4.96. The van der Waals surface area contributed by atoms with Gasteiger partial charge in [-0.25, -0.2) is 9.97 Å². The largest absolute Gasteiger partial charge is 0.373 e. The monoisotopic (exact) mass is 256 g/mol. The highest BCUT2D eigenvalue weighted by molar-refractivity contribution is 5.65. The van der Waals surface area contributed by atoms with E-state index in [4.69, 9.17) is 4.98 Å². The molecule has 0 amide bonds. The molecule has 0 bridgehead atoms. The Kier molecular flexibility index (Phi) is 3.51. The average molecular weight is 256 g/mol. The fourth-order valence-electron chi connectivity index (χ4n) is 1.81. The van der Waals surface area contributed by atoms with Gasteiger partial charge in [0.15, 0.2) is 0 Å². The van der Waals surface area contributed by atoms with E-state index >= 15 is 0 Å². The van der Waals surface area contributed by atoms with Gasteiger partial charge >= 0.3 is 0 Å². The minimum Gasteiger partial charge on any atom is -0.373 e. The molecule has 0 spiro atoms. The van der Waals surface area contributed by atoms with Crippen molar-refractivity contribution >= 4 is 5.82 Å². The van der Waals surface area contributed by atoms with Crippen LogP contribution < -0.4 is 5.32 Å². The number of nitrogens with one attached hydrogen (secondary N) is 1. The zero-order chi connectivity index (χ0) is 14.0. The molecule has 4 heteroatoms. The van der Waals surface area contributed by atoms with Gasteiger partial charge in [-0.3, -0.25) is 4.98 Å². The molecule has 0 aromatic carbocycles. The predicted molar refractivity (Wildman–Crippen MR) is 78.2 cm³/mol. The van der Waals surface area contributed by atoms with Gasteiger partial charge in [-0.2, -0.15) is 0 Å². The first-order chi connectivity index (χ1) is 8.91. The van der Waals surface area contributed by atoms with E-state index in [1.165, 1.54) is 0 Å². The summed E-state index contributed by atoms with van der Waals surface area (Å²) < 4.78 is 0. The van der Waals surface area contributed by atoms with Gasteiger partial charge < -0.3 is 5.32 Å². The van der Waals surface area contributed by atoms with E-state index in [1.807, 2.05) is 32.3 Å². The fourth-order valence-corrected chi connectivity index (χ4v) is 1.81. The van der Waals surface area contributed by atoms with Crippen molar-refractivity contribution in [3.8, 4) is 11.3 Å². The van der Waals surface area contributed by atoms with Crippen molar-refractivity contribution in [1.82, 2.24) is 15.0 Å². The highest BCUT2D eigenvalue weighted by Crippen LogP contribution is 2.26. The SMILES string of the molecule is CNc1cc(-c2ccncc2C)nc(C(C)(C)C)n1. The number of aromatic nitrogens is 3. The van der Waals surface area contributed by atoms with E-state index < -0.39 is 0 Å². The number of hydrogen-bond donors (Lipinski definition) is 1. The molecule has 0 aliphatic rings. The Labute approximate surface area is 114 Å². The van der Waals surface area contributed by atoms with Crippen molar-refractivity contribution in [2.45, 2.75) is 33.1 Å². The van der Waals surface area contributed by atoms with Gasteiger partial charge in [-0.1, -0.05) is 20.8 Å². The molecule has 2 aromatic rings. The van der Waals surface area contributed by atoms with Crippen molar-refractivity contribution in [2.24, 2.45) is 0 Å². The maximum Gasteiger partial charge on any atom is 0.136 e. The third-order valence-corrected chi connectivity index (χ3v) is 2.95. The first kappa shape index (κ1) is 13.5. The lowest BCUT2D eigenvalue weighted by atomic mass is 9.95. The molecule has 2 heterocycles. The van der Waals surface area contributed by atoms with Crippen molar-refractivity contribution < 1.29 is 0 Å². The van der Waals surface area contributed by atoms with E-state index in [0.717, 1.165) is 28.5 Å². The van der Waals surface area contributed by atoms with Crippen LogP contribution >= 0.6 is 0 Å². The maximum atomic E-state index is 4.70. The molecule has 0 fully saturated rings. The molecule has 0 aliphatic heterocycles. The fraction of sp³-hybridized carbons (Fsp3) is 0.400. The normalized spacial score (nSPS) is 11.4. The lowest BCUT2D eigenvalue weighted by Crippen LogP contribution is -2.17. The first-order valence-electron chi connectivity index (χ1n) is 6.40. The van der Waals surface area contributed by atoms with Gasteiger partial charge in [-0.05, 0) is 18.6 Å². The van der Waals surface area contributed by atoms with E-state index in [0.29, 0.717) is 0 Å². The van der Waals surface area contributed by atoms with Crippen LogP contribution in [0.5, 0.6) is 0 Å². The predicted octanol–water partition coefficient (Wildman–Crippen LogP) is 3.19. The van der Waals surface area contributed by atoms with Gasteiger partial charge in [0.2, 0.25) is 0 Å². The topological polar surface area (TPSA) is 50.7 Å². The number of hydrogen-bond acceptors (Lipinski definition) is 4. The lowest BCUT2D eigenvalue weighted by molar-refractivity contribution is 0.547. The van der Waals surface area contributed by atoms with Gasteiger partial charge in [0, 0.05) is 36.5 Å². The minimum absolute atomic E-state index is 0.0808. The summed E-state index contributed by atoms with van der Waals surface area (Å²) in [6, 6.07) is 3.96. The van der Waals surface area contributed by atoms with Crippen LogP contribution in [-0.2, 0) is 5.41 Å². The number of pyridine rings is 1. The van der Waals surface area contributed by atoms with Crippen LogP contribution in [0.3, 0.4) is 0 Å². The zero-order valence-electron chi connectivity index (χ0n) is 12.2. The minimum atomic E-state index is -0.0808. The van der Waals surface area contributed by atoms with Gasteiger partial charge in [-0.15, -0.1) is 0 Å². The summed E-state index contributed by atoms with van der Waals surface area (Å²) in [6.07, 6.45) is 3.65. The molecule has 0 atom stereocenters. The smallest absolute Gasteiger partial charge is 0.136 e. The van der Waals surface area contributed by atoms with E-state index in [9.17, 15) is 0 Å². The molecule has 2 aromatic heterocycles. The summed E-state index contributed by atoms with van der Waals surface area (Å²) in [5, 5.41) is 3.10. The second-order valence-electron chi connectivity index (χ2n) is 5.65. The van der Waals surface area contributed by atoms with E-state index in [-0.39, 0.29) is 5.41 Å². The van der Waals surface area contributed by atoms with E-state index in [2.05, 4.69) is 36.1 Å². The standard InChI is InChI=1S/C15H20N4/c1-10-9-17-7-6-11(10)12-8-13(16-5)19-14(18-12)15(2,3)4/h6-9H,1-5H3,(H,16,18,19). The van der Waals surface area contributed by atoms with Crippen LogP contribution in [-0.4, -0.2) is 22.0 Å².